The zero-order valence-electron chi connectivity index (χ0n) is 41.1. The summed E-state index contributed by atoms with van der Waals surface area (Å²) in [7, 11) is 1.52. The molecule has 0 spiro atoms. The Morgan fingerprint density at radius 3 is 1.55 bits per heavy atom. The van der Waals surface area contributed by atoms with Crippen LogP contribution < -0.4 is 9.47 Å². The van der Waals surface area contributed by atoms with Crippen LogP contribution in [-0.2, 0) is 44.4 Å². The number of hydrogen-bond donors (Lipinski definition) is 3. The van der Waals surface area contributed by atoms with Crippen LogP contribution in [0.3, 0.4) is 0 Å². The number of rotatable bonds is 17. The second-order valence-electron chi connectivity index (χ2n) is 20.9. The lowest BCUT2D eigenvalue weighted by atomic mass is 9.52. The van der Waals surface area contributed by atoms with E-state index in [0.29, 0.717) is 11.5 Å². The lowest BCUT2D eigenvalue weighted by Gasteiger charge is -2.53. The van der Waals surface area contributed by atoms with Crippen molar-refractivity contribution in [1.29, 1.82) is 0 Å². The zero-order valence-corrected chi connectivity index (χ0v) is 41.1. The molecule has 8 aliphatic rings. The number of amides is 4. The van der Waals surface area contributed by atoms with Crippen molar-refractivity contribution in [2.24, 2.45) is 23.7 Å². The molecule has 6 aromatic carbocycles. The average Bonchev–Trinajstić information content (AvgIpc) is 3.89. The molecule has 2 saturated heterocycles. The quantitative estimate of drug-likeness (QED) is 0.0502. The van der Waals surface area contributed by atoms with Gasteiger partial charge in [0, 0.05) is 30.3 Å². The van der Waals surface area contributed by atoms with Gasteiger partial charge in [0.15, 0.2) is 0 Å². The van der Waals surface area contributed by atoms with Crippen LogP contribution in [0.15, 0.2) is 140 Å². The first-order valence-electron chi connectivity index (χ1n) is 25.2. The molecule has 378 valence electrons. The molecule has 8 atom stereocenters. The summed E-state index contributed by atoms with van der Waals surface area (Å²) in [6, 6.07) is 43.6. The summed E-state index contributed by atoms with van der Waals surface area (Å²) in [4.78, 5) is 62.1. The average molecular weight is 997 g/mol. The number of hydrogen-bond acceptors (Lipinski definition) is 12. The van der Waals surface area contributed by atoms with Crippen molar-refractivity contribution in [2.75, 3.05) is 47.0 Å². The molecule has 2 heterocycles. The van der Waals surface area contributed by atoms with E-state index in [1.807, 2.05) is 127 Å². The lowest BCUT2D eigenvalue weighted by molar-refractivity contribution is -0.154. The molecule has 14 rings (SSSR count). The third-order valence-corrected chi connectivity index (χ3v) is 16.6. The Labute approximate surface area is 428 Å². The molecular formula is C60H56N2O12. The number of carbonyl (C=O) groups excluding carboxylic acids is 4. The van der Waals surface area contributed by atoms with E-state index in [-0.39, 0.29) is 39.0 Å². The maximum Gasteiger partial charge on any atom is 0.238 e. The van der Waals surface area contributed by atoms with Gasteiger partial charge in [-0.25, -0.2) is 0 Å². The number of phenolic OH excluding ortho intramolecular Hbond substituents is 1. The van der Waals surface area contributed by atoms with Gasteiger partial charge in [-0.1, -0.05) is 117 Å². The monoisotopic (exact) mass is 996 g/mol. The van der Waals surface area contributed by atoms with Gasteiger partial charge in [0.1, 0.15) is 61.7 Å². The minimum Gasteiger partial charge on any atom is -0.508 e. The summed E-state index contributed by atoms with van der Waals surface area (Å²) >= 11 is 0. The third kappa shape index (κ3) is 7.32. The minimum atomic E-state index is -1.51. The van der Waals surface area contributed by atoms with Gasteiger partial charge < -0.3 is 39.0 Å². The van der Waals surface area contributed by atoms with Crippen LogP contribution in [0.1, 0.15) is 87.2 Å². The highest BCUT2D eigenvalue weighted by atomic mass is 16.7. The smallest absolute Gasteiger partial charge is 0.238 e. The molecular weight excluding hydrogens is 941 g/mol. The van der Waals surface area contributed by atoms with Gasteiger partial charge in [-0.15, -0.1) is 0 Å². The van der Waals surface area contributed by atoms with Crippen molar-refractivity contribution < 1.29 is 58.2 Å². The summed E-state index contributed by atoms with van der Waals surface area (Å²) in [6.07, 6.45) is -1.95. The second kappa shape index (κ2) is 18.3. The van der Waals surface area contributed by atoms with Crippen molar-refractivity contribution in [1.82, 2.24) is 9.80 Å². The van der Waals surface area contributed by atoms with Gasteiger partial charge in [-0.3, -0.25) is 29.0 Å². The summed E-state index contributed by atoms with van der Waals surface area (Å²) < 4.78 is 28.9. The number of carbonyl (C=O) groups is 4. The van der Waals surface area contributed by atoms with Crippen LogP contribution in [-0.4, -0.2) is 108 Å². The number of methoxy groups -OCH3 is 1. The molecule has 0 saturated carbocycles. The predicted octanol–water partition coefficient (Wildman–Crippen LogP) is 6.69. The largest absolute Gasteiger partial charge is 0.508 e. The molecule has 14 heteroatoms. The van der Waals surface area contributed by atoms with E-state index in [9.17, 15) is 24.9 Å². The van der Waals surface area contributed by atoms with E-state index in [0.717, 1.165) is 65.4 Å². The number of aliphatic hydroxyl groups is 2. The van der Waals surface area contributed by atoms with Crippen LogP contribution in [0.25, 0.3) is 0 Å². The van der Waals surface area contributed by atoms with E-state index >= 15 is 9.59 Å². The predicted molar refractivity (Wildman–Crippen MR) is 268 cm³/mol. The molecule has 2 aliphatic heterocycles. The molecule has 4 bridgehead atoms. The van der Waals surface area contributed by atoms with Crippen molar-refractivity contribution in [2.45, 2.75) is 54.8 Å². The first kappa shape index (κ1) is 47.8. The number of aromatic hydroxyl groups is 1. The van der Waals surface area contributed by atoms with Gasteiger partial charge in [-0.2, -0.15) is 0 Å². The SMILES string of the molecule is COCOCC(O)COc1ccc(C(C)(C)c2ccc(OCC(O)COC34c5ccccc5C(c5ccccc53)C3C(=O)N(CN5C(=O)C6C7c8ccccc8C(c8cc(O)ccc87)C6C5=O)C(=O)C34)cc2)cc1. The number of likely N-dealkylation sites (tertiary alicyclic amines) is 2. The number of imide groups is 2. The molecule has 0 aromatic heterocycles. The minimum absolute atomic E-state index is 0.0701. The van der Waals surface area contributed by atoms with Gasteiger partial charge in [0.25, 0.3) is 0 Å². The third-order valence-electron chi connectivity index (χ3n) is 16.6. The number of phenols is 1. The summed E-state index contributed by atoms with van der Waals surface area (Å²) in [5, 5.41) is 32.4. The van der Waals surface area contributed by atoms with Crippen LogP contribution in [0.4, 0.5) is 0 Å². The number of nitrogens with zero attached hydrogens (tertiary/aromatic N) is 2. The van der Waals surface area contributed by atoms with E-state index in [1.165, 1.54) is 7.11 Å². The lowest BCUT2D eigenvalue weighted by Crippen LogP contribution is -2.55. The maximum atomic E-state index is 15.3. The van der Waals surface area contributed by atoms with E-state index < -0.39 is 94.9 Å². The summed E-state index contributed by atoms with van der Waals surface area (Å²) in [5.74, 6) is -5.65. The Hall–Kier alpha value is -7.20. The Morgan fingerprint density at radius 2 is 1.00 bits per heavy atom. The van der Waals surface area contributed by atoms with E-state index in [4.69, 9.17) is 23.7 Å². The molecule has 6 aromatic rings. The summed E-state index contributed by atoms with van der Waals surface area (Å²) in [5.41, 5.74) is 6.87. The van der Waals surface area contributed by atoms with Crippen LogP contribution >= 0.6 is 0 Å². The Kier molecular flexibility index (Phi) is 11.8. The van der Waals surface area contributed by atoms with E-state index in [1.54, 1.807) is 12.1 Å². The standard InChI is InChI=1S/C60H56N2O12/c1-59(2,33-16-21-38(22-17-33)72-28-36(64)27-71-32-70-3)34-18-23-39(24-19-34)73-29-37(65)30-74-60-46-14-8-6-12-43(46)50(44-13-7-9-15-47(44)60)53-54(60)58(69)62(57(53)68)31-61-55(66)51-48-40-10-4-5-11-41(40)49(52(51)56(61)67)45-26-35(63)20-25-42(45)48/h4-26,36-37,48-54,63-65H,27-32H2,1-3H3. The first-order chi connectivity index (χ1) is 35.8. The van der Waals surface area contributed by atoms with Crippen LogP contribution in [0.2, 0.25) is 0 Å². The fourth-order valence-corrected chi connectivity index (χ4v) is 13.3. The molecule has 74 heavy (non-hydrogen) atoms. The molecule has 4 amide bonds. The molecule has 6 aliphatic carbocycles. The highest BCUT2D eigenvalue weighted by Gasteiger charge is 2.70. The topological polar surface area (TPSA) is 182 Å². The fourth-order valence-electron chi connectivity index (χ4n) is 13.3. The Morgan fingerprint density at radius 1 is 0.541 bits per heavy atom. The molecule has 3 N–H and O–H groups in total. The van der Waals surface area contributed by atoms with Crippen molar-refractivity contribution in [3.63, 3.8) is 0 Å². The van der Waals surface area contributed by atoms with Gasteiger partial charge in [0.2, 0.25) is 23.6 Å². The molecule has 14 nitrogen and oxygen atoms in total. The van der Waals surface area contributed by atoms with Crippen LogP contribution in [0.5, 0.6) is 17.2 Å². The highest BCUT2D eigenvalue weighted by Crippen LogP contribution is 2.65. The maximum absolute atomic E-state index is 15.3. The van der Waals surface area contributed by atoms with Gasteiger partial charge >= 0.3 is 0 Å². The van der Waals surface area contributed by atoms with Crippen molar-refractivity contribution in [3.05, 3.63) is 195 Å². The van der Waals surface area contributed by atoms with E-state index in [2.05, 4.69) is 13.8 Å². The van der Waals surface area contributed by atoms with Gasteiger partial charge in [-0.05, 0) is 92.0 Å². The number of aliphatic hydroxyl groups excluding tert-OH is 2. The van der Waals surface area contributed by atoms with Crippen LogP contribution in [0, 0.1) is 23.7 Å². The summed E-state index contributed by atoms with van der Waals surface area (Å²) in [6.45, 7) is 3.58. The Bertz CT molecular complexity index is 3160. The van der Waals surface area contributed by atoms with Crippen molar-refractivity contribution in [3.8, 4) is 17.2 Å². The highest BCUT2D eigenvalue weighted by molar-refractivity contribution is 6.11. The number of ether oxygens (including phenoxy) is 5. The normalized spacial score (nSPS) is 25.5. The van der Waals surface area contributed by atoms with Crippen molar-refractivity contribution >= 4 is 23.6 Å². The molecule has 0 radical (unpaired) electrons. The Balaban J connectivity index is 0.765. The van der Waals surface area contributed by atoms with Gasteiger partial charge in [0.05, 0.1) is 36.9 Å². The zero-order chi connectivity index (χ0) is 51.2. The second-order valence-corrected chi connectivity index (χ2v) is 20.9. The number of benzene rings is 6. The molecule has 8 unspecified atom stereocenters. The molecule has 2 fully saturated rings. The first-order valence-corrected chi connectivity index (χ1v) is 25.2. The fraction of sp³-hybridized carbons (Fsp3) is 0.333.